The summed E-state index contributed by atoms with van der Waals surface area (Å²) in [5.74, 6) is 0.815. The van der Waals surface area contributed by atoms with Gasteiger partial charge >= 0.3 is 0 Å². The van der Waals surface area contributed by atoms with Crippen LogP contribution in [0.2, 0.25) is 0 Å². The van der Waals surface area contributed by atoms with E-state index in [4.69, 9.17) is 15.9 Å². The van der Waals surface area contributed by atoms with Gasteiger partial charge in [0, 0.05) is 12.6 Å². The van der Waals surface area contributed by atoms with Crippen LogP contribution in [0.4, 0.5) is 0 Å². The second-order valence-corrected chi connectivity index (χ2v) is 4.33. The third-order valence-electron chi connectivity index (χ3n) is 2.94. The fourth-order valence-corrected chi connectivity index (χ4v) is 1.77. The highest BCUT2D eigenvalue weighted by Crippen LogP contribution is 2.14. The molecule has 3 N–H and O–H groups in total. The van der Waals surface area contributed by atoms with Gasteiger partial charge in [-0.3, -0.25) is 10.1 Å². The van der Waals surface area contributed by atoms with E-state index in [2.05, 4.69) is 12.0 Å². The van der Waals surface area contributed by atoms with Crippen LogP contribution in [-0.4, -0.2) is 15.6 Å². The molecule has 0 fully saturated rings. The molecular formula is C14H18N4O. The van der Waals surface area contributed by atoms with Crippen LogP contribution in [0.1, 0.15) is 23.9 Å². The van der Waals surface area contributed by atoms with Crippen LogP contribution in [0.5, 0.6) is 5.75 Å². The Balaban J connectivity index is 2.01. The van der Waals surface area contributed by atoms with Crippen LogP contribution >= 0.6 is 0 Å². The van der Waals surface area contributed by atoms with Gasteiger partial charge in [0.25, 0.3) is 0 Å². The molecule has 5 nitrogen and oxygen atoms in total. The average Bonchev–Trinajstić information content (AvgIpc) is 2.77. The lowest BCUT2D eigenvalue weighted by Crippen LogP contribution is -2.10. The summed E-state index contributed by atoms with van der Waals surface area (Å²) in [6.45, 7) is 2.55. The summed E-state index contributed by atoms with van der Waals surface area (Å²) in [7, 11) is 1.91. The van der Waals surface area contributed by atoms with Crippen LogP contribution in [0.15, 0.2) is 30.3 Å². The number of benzene rings is 1. The molecule has 0 saturated heterocycles. The number of nitrogens with one attached hydrogen (secondary N) is 1. The van der Waals surface area contributed by atoms with Crippen LogP contribution in [0.25, 0.3) is 0 Å². The maximum absolute atomic E-state index is 7.32. The fourth-order valence-electron chi connectivity index (χ4n) is 1.77. The summed E-state index contributed by atoms with van der Waals surface area (Å²) < 4.78 is 7.53. The molecule has 2 aromatic rings. The number of ether oxygens (including phenoxy) is 1. The Labute approximate surface area is 112 Å². The van der Waals surface area contributed by atoms with Gasteiger partial charge in [-0.2, -0.15) is 5.10 Å². The van der Waals surface area contributed by atoms with Crippen molar-refractivity contribution in [3.8, 4) is 5.75 Å². The molecule has 1 aromatic carbocycles. The van der Waals surface area contributed by atoms with Crippen LogP contribution in [-0.2, 0) is 20.1 Å². The molecule has 100 valence electrons. The minimum Gasteiger partial charge on any atom is -0.487 e. The Morgan fingerprint density at radius 3 is 2.58 bits per heavy atom. The van der Waals surface area contributed by atoms with E-state index < -0.39 is 0 Å². The molecule has 0 atom stereocenters. The fraction of sp³-hybridized carbons (Fsp3) is 0.286. The minimum absolute atomic E-state index is 0.0609. The Bertz CT molecular complexity index is 572. The molecule has 1 heterocycles. The summed E-state index contributed by atoms with van der Waals surface area (Å²) in [6.07, 6.45) is 0.918. The second-order valence-electron chi connectivity index (χ2n) is 4.33. The van der Waals surface area contributed by atoms with E-state index >= 15 is 0 Å². The van der Waals surface area contributed by atoms with E-state index in [1.807, 2.05) is 29.9 Å². The predicted molar refractivity (Wildman–Crippen MR) is 74.4 cm³/mol. The molecule has 0 spiro atoms. The summed E-state index contributed by atoms with van der Waals surface area (Å²) in [5.41, 5.74) is 8.19. The van der Waals surface area contributed by atoms with E-state index in [1.54, 1.807) is 12.1 Å². The van der Waals surface area contributed by atoms with Crippen molar-refractivity contribution in [1.82, 2.24) is 9.78 Å². The molecule has 0 saturated carbocycles. The van der Waals surface area contributed by atoms with Crippen molar-refractivity contribution in [3.63, 3.8) is 0 Å². The van der Waals surface area contributed by atoms with Gasteiger partial charge in [0.15, 0.2) is 0 Å². The van der Waals surface area contributed by atoms with Crippen molar-refractivity contribution >= 4 is 5.84 Å². The Hall–Kier alpha value is -2.30. The first-order valence-electron chi connectivity index (χ1n) is 6.19. The van der Waals surface area contributed by atoms with Crippen molar-refractivity contribution in [2.75, 3.05) is 0 Å². The highest BCUT2D eigenvalue weighted by molar-refractivity contribution is 5.94. The average molecular weight is 258 g/mol. The number of amidine groups is 1. The zero-order valence-corrected chi connectivity index (χ0v) is 11.2. The van der Waals surface area contributed by atoms with E-state index in [-0.39, 0.29) is 5.84 Å². The van der Waals surface area contributed by atoms with E-state index in [9.17, 15) is 0 Å². The molecule has 0 bridgehead atoms. The van der Waals surface area contributed by atoms with Gasteiger partial charge in [-0.1, -0.05) is 6.92 Å². The molecule has 1 aromatic heterocycles. The smallest absolute Gasteiger partial charge is 0.130 e. The number of rotatable bonds is 5. The number of nitrogens with two attached hydrogens (primary N) is 1. The monoisotopic (exact) mass is 258 g/mol. The molecule has 0 radical (unpaired) electrons. The van der Waals surface area contributed by atoms with Gasteiger partial charge in [-0.15, -0.1) is 0 Å². The number of hydrogen-bond acceptors (Lipinski definition) is 3. The standard InChI is InChI=1S/C14H18N4O/c1-3-11-8-12(18(2)17-11)9-19-13-6-4-10(5-7-13)14(15)16/h4-8H,3,9H2,1-2H3,(H3,15,16). The summed E-state index contributed by atoms with van der Waals surface area (Å²) in [6, 6.07) is 9.22. The van der Waals surface area contributed by atoms with Crippen molar-refractivity contribution in [3.05, 3.63) is 47.3 Å². The van der Waals surface area contributed by atoms with Gasteiger partial charge in [0.05, 0.1) is 11.4 Å². The van der Waals surface area contributed by atoms with Gasteiger partial charge in [0.1, 0.15) is 18.2 Å². The molecule has 0 aliphatic carbocycles. The highest BCUT2D eigenvalue weighted by atomic mass is 16.5. The largest absolute Gasteiger partial charge is 0.487 e. The lowest BCUT2D eigenvalue weighted by atomic mass is 10.2. The molecule has 2 rings (SSSR count). The molecule has 19 heavy (non-hydrogen) atoms. The quantitative estimate of drug-likeness (QED) is 0.634. The Kier molecular flexibility index (Phi) is 3.85. The van der Waals surface area contributed by atoms with Crippen molar-refractivity contribution in [2.24, 2.45) is 12.8 Å². The second kappa shape index (κ2) is 5.56. The number of hydrogen-bond donors (Lipinski definition) is 2. The topological polar surface area (TPSA) is 76.9 Å². The number of nitrogen functional groups attached to an aromatic ring is 1. The zero-order valence-electron chi connectivity index (χ0n) is 11.2. The lowest BCUT2D eigenvalue weighted by molar-refractivity contribution is 0.295. The third-order valence-corrected chi connectivity index (χ3v) is 2.94. The molecular weight excluding hydrogens is 240 g/mol. The molecule has 0 aliphatic rings. The SMILES string of the molecule is CCc1cc(COc2ccc(C(=N)N)cc2)n(C)n1. The molecule has 5 heteroatoms. The van der Waals surface area contributed by atoms with Crippen molar-refractivity contribution < 1.29 is 4.74 Å². The van der Waals surface area contributed by atoms with Crippen LogP contribution in [0.3, 0.4) is 0 Å². The predicted octanol–water partition coefficient (Wildman–Crippen LogP) is 1.85. The number of nitrogens with zero attached hydrogens (tertiary/aromatic N) is 2. The van der Waals surface area contributed by atoms with Crippen LogP contribution in [0, 0.1) is 5.41 Å². The summed E-state index contributed by atoms with van der Waals surface area (Å²) in [5, 5.41) is 11.7. The van der Waals surface area contributed by atoms with Crippen molar-refractivity contribution in [2.45, 2.75) is 20.0 Å². The maximum atomic E-state index is 7.32. The third kappa shape index (κ3) is 3.13. The van der Waals surface area contributed by atoms with E-state index in [1.165, 1.54) is 0 Å². The normalized spacial score (nSPS) is 10.4. The molecule has 0 aliphatic heterocycles. The molecule has 0 unspecified atom stereocenters. The first-order valence-corrected chi connectivity index (χ1v) is 6.19. The van der Waals surface area contributed by atoms with Crippen molar-refractivity contribution in [1.29, 1.82) is 5.41 Å². The van der Waals surface area contributed by atoms with Gasteiger partial charge in [-0.05, 0) is 36.8 Å². The summed E-state index contributed by atoms with van der Waals surface area (Å²) >= 11 is 0. The maximum Gasteiger partial charge on any atom is 0.130 e. The van der Waals surface area contributed by atoms with Gasteiger partial charge in [-0.25, -0.2) is 0 Å². The zero-order chi connectivity index (χ0) is 13.8. The first-order chi connectivity index (χ1) is 9.10. The van der Waals surface area contributed by atoms with Crippen LogP contribution < -0.4 is 10.5 Å². The van der Waals surface area contributed by atoms with Gasteiger partial charge < -0.3 is 10.5 Å². The number of aromatic nitrogens is 2. The summed E-state index contributed by atoms with van der Waals surface area (Å²) in [4.78, 5) is 0. The first kappa shape index (κ1) is 13.1. The Morgan fingerprint density at radius 1 is 1.37 bits per heavy atom. The van der Waals surface area contributed by atoms with E-state index in [0.29, 0.717) is 12.2 Å². The molecule has 0 amide bonds. The van der Waals surface area contributed by atoms with E-state index in [0.717, 1.165) is 23.6 Å². The minimum atomic E-state index is 0.0609. The number of aryl methyl sites for hydroxylation is 2. The Morgan fingerprint density at radius 2 is 2.05 bits per heavy atom. The highest BCUT2D eigenvalue weighted by Gasteiger charge is 2.05. The lowest BCUT2D eigenvalue weighted by Gasteiger charge is -2.07. The van der Waals surface area contributed by atoms with Gasteiger partial charge in [0.2, 0.25) is 0 Å².